The molecular weight excluding hydrogens is 396 g/mol. The number of halogens is 1. The van der Waals surface area contributed by atoms with Gasteiger partial charge in [-0.1, -0.05) is 59.6 Å². The Balaban J connectivity index is 1.72. The van der Waals surface area contributed by atoms with Crippen molar-refractivity contribution in [1.82, 2.24) is 20.1 Å². The standard InChI is InChI=1S/C20H21ClN4O2S/c1-13-7-9-14(10-8-13)18-23-24-19(28)25(18)11-17(26)22-12-20(2,27)15-5-3-4-6-16(15)21/h3-10,27H,11-12H2,1-2H3,(H,22,26)(H,24,28). The zero-order valence-corrected chi connectivity index (χ0v) is 17.1. The summed E-state index contributed by atoms with van der Waals surface area (Å²) in [7, 11) is 0. The zero-order valence-electron chi connectivity index (χ0n) is 15.6. The Morgan fingerprint density at radius 1 is 1.29 bits per heavy atom. The number of nitrogens with one attached hydrogen (secondary N) is 2. The molecule has 1 atom stereocenters. The van der Waals surface area contributed by atoms with Crippen LogP contribution >= 0.6 is 23.8 Å². The van der Waals surface area contributed by atoms with E-state index in [4.69, 9.17) is 23.8 Å². The van der Waals surface area contributed by atoms with E-state index >= 15 is 0 Å². The summed E-state index contributed by atoms with van der Waals surface area (Å²) in [5, 5.41) is 20.9. The molecule has 146 valence electrons. The molecule has 28 heavy (non-hydrogen) atoms. The number of amides is 1. The van der Waals surface area contributed by atoms with E-state index in [1.807, 2.05) is 31.2 Å². The summed E-state index contributed by atoms with van der Waals surface area (Å²) >= 11 is 11.4. The number of hydrogen-bond acceptors (Lipinski definition) is 4. The second-order valence-electron chi connectivity index (χ2n) is 6.83. The smallest absolute Gasteiger partial charge is 0.240 e. The Kier molecular flexibility index (Phi) is 5.98. The third-order valence-corrected chi connectivity index (χ3v) is 5.09. The Labute approximate surface area is 173 Å². The van der Waals surface area contributed by atoms with E-state index in [0.29, 0.717) is 21.2 Å². The molecule has 1 heterocycles. The number of benzene rings is 2. The van der Waals surface area contributed by atoms with Crippen molar-refractivity contribution in [3.63, 3.8) is 0 Å². The molecule has 3 aromatic rings. The minimum atomic E-state index is -1.30. The van der Waals surface area contributed by atoms with Crippen LogP contribution in [-0.2, 0) is 16.9 Å². The second-order valence-corrected chi connectivity index (χ2v) is 7.63. The third-order valence-electron chi connectivity index (χ3n) is 4.45. The zero-order chi connectivity index (χ0) is 20.3. The summed E-state index contributed by atoms with van der Waals surface area (Å²) in [5.41, 5.74) is 1.24. The Bertz CT molecular complexity index is 1040. The van der Waals surface area contributed by atoms with Gasteiger partial charge in [-0.3, -0.25) is 14.5 Å². The third kappa shape index (κ3) is 4.49. The maximum Gasteiger partial charge on any atom is 0.240 e. The monoisotopic (exact) mass is 416 g/mol. The summed E-state index contributed by atoms with van der Waals surface area (Å²) < 4.78 is 1.98. The van der Waals surface area contributed by atoms with E-state index in [1.165, 1.54) is 0 Å². The molecule has 1 aromatic heterocycles. The van der Waals surface area contributed by atoms with Crippen molar-refractivity contribution in [3.8, 4) is 11.4 Å². The summed E-state index contributed by atoms with van der Waals surface area (Å²) in [6.07, 6.45) is 0. The molecule has 0 fully saturated rings. The van der Waals surface area contributed by atoms with Crippen LogP contribution in [-0.4, -0.2) is 32.3 Å². The van der Waals surface area contributed by atoms with E-state index in [1.54, 1.807) is 35.8 Å². The van der Waals surface area contributed by atoms with E-state index in [-0.39, 0.29) is 19.0 Å². The number of H-pyrrole nitrogens is 1. The molecule has 3 N–H and O–H groups in total. The molecule has 1 amide bonds. The Morgan fingerprint density at radius 3 is 2.64 bits per heavy atom. The quantitative estimate of drug-likeness (QED) is 0.536. The normalized spacial score (nSPS) is 13.1. The van der Waals surface area contributed by atoms with Crippen molar-refractivity contribution in [2.24, 2.45) is 0 Å². The van der Waals surface area contributed by atoms with Gasteiger partial charge in [-0.05, 0) is 32.1 Å². The molecule has 8 heteroatoms. The first-order valence-corrected chi connectivity index (χ1v) is 9.53. The van der Waals surface area contributed by atoms with Gasteiger partial charge in [-0.15, -0.1) is 0 Å². The number of carbonyl (C=O) groups excluding carboxylic acids is 1. The molecule has 0 spiro atoms. The van der Waals surface area contributed by atoms with Crippen LogP contribution in [0.15, 0.2) is 48.5 Å². The number of aromatic nitrogens is 3. The van der Waals surface area contributed by atoms with Crippen LogP contribution < -0.4 is 5.32 Å². The molecule has 6 nitrogen and oxygen atoms in total. The molecule has 1 unspecified atom stereocenters. The lowest BCUT2D eigenvalue weighted by molar-refractivity contribution is -0.122. The van der Waals surface area contributed by atoms with E-state index in [9.17, 15) is 9.90 Å². The fourth-order valence-electron chi connectivity index (χ4n) is 2.85. The van der Waals surface area contributed by atoms with Gasteiger partial charge in [0.1, 0.15) is 12.1 Å². The fraction of sp³-hybridized carbons (Fsp3) is 0.250. The van der Waals surface area contributed by atoms with Crippen molar-refractivity contribution in [1.29, 1.82) is 0 Å². The second kappa shape index (κ2) is 8.26. The summed E-state index contributed by atoms with van der Waals surface area (Å²) in [5.74, 6) is 0.288. The molecule has 0 saturated carbocycles. The van der Waals surface area contributed by atoms with E-state index in [2.05, 4.69) is 15.5 Å². The minimum absolute atomic E-state index is 0.0145. The lowest BCUT2D eigenvalue weighted by Crippen LogP contribution is -2.40. The number of aryl methyl sites for hydroxylation is 1. The predicted octanol–water partition coefficient (Wildman–Crippen LogP) is 3.59. The molecule has 2 aromatic carbocycles. The van der Waals surface area contributed by atoms with Crippen LogP contribution in [0.2, 0.25) is 5.02 Å². The van der Waals surface area contributed by atoms with Crippen molar-refractivity contribution in [2.45, 2.75) is 26.0 Å². The van der Waals surface area contributed by atoms with Gasteiger partial charge in [-0.25, -0.2) is 0 Å². The highest BCUT2D eigenvalue weighted by Gasteiger charge is 2.26. The van der Waals surface area contributed by atoms with Gasteiger partial charge in [0.2, 0.25) is 5.91 Å². The van der Waals surface area contributed by atoms with E-state index < -0.39 is 5.60 Å². The van der Waals surface area contributed by atoms with E-state index in [0.717, 1.165) is 11.1 Å². The molecule has 3 rings (SSSR count). The van der Waals surface area contributed by atoms with Gasteiger partial charge in [0, 0.05) is 16.1 Å². The number of aliphatic hydroxyl groups is 1. The van der Waals surface area contributed by atoms with Crippen LogP contribution in [0.5, 0.6) is 0 Å². The maximum atomic E-state index is 12.5. The Hall–Kier alpha value is -2.48. The topological polar surface area (TPSA) is 82.9 Å². The molecule has 0 bridgehead atoms. The number of hydrogen-bond donors (Lipinski definition) is 3. The molecule has 0 aliphatic rings. The first-order chi connectivity index (χ1) is 13.3. The molecule has 0 aliphatic carbocycles. The Morgan fingerprint density at radius 2 is 1.96 bits per heavy atom. The van der Waals surface area contributed by atoms with Crippen molar-refractivity contribution >= 4 is 29.7 Å². The van der Waals surface area contributed by atoms with Crippen molar-refractivity contribution in [3.05, 3.63) is 69.5 Å². The highest BCUT2D eigenvalue weighted by molar-refractivity contribution is 7.71. The largest absolute Gasteiger partial charge is 0.384 e. The number of carbonyl (C=O) groups is 1. The lowest BCUT2D eigenvalue weighted by Gasteiger charge is -2.25. The van der Waals surface area contributed by atoms with Gasteiger partial charge < -0.3 is 10.4 Å². The molecular formula is C20H21ClN4O2S. The van der Waals surface area contributed by atoms with Crippen LogP contribution in [0.1, 0.15) is 18.1 Å². The summed E-state index contributed by atoms with van der Waals surface area (Å²) in [6.45, 7) is 3.60. The fourth-order valence-corrected chi connectivity index (χ4v) is 3.39. The minimum Gasteiger partial charge on any atom is -0.384 e. The summed E-state index contributed by atoms with van der Waals surface area (Å²) in [6, 6.07) is 14.8. The highest BCUT2D eigenvalue weighted by Crippen LogP contribution is 2.27. The van der Waals surface area contributed by atoms with Gasteiger partial charge in [0.15, 0.2) is 10.6 Å². The van der Waals surface area contributed by atoms with Gasteiger partial charge in [0.05, 0.1) is 6.54 Å². The first kappa shape index (κ1) is 20.3. The van der Waals surface area contributed by atoms with Gasteiger partial charge >= 0.3 is 0 Å². The average molecular weight is 417 g/mol. The SMILES string of the molecule is Cc1ccc(-c2n[nH]c(=S)n2CC(=O)NCC(C)(O)c2ccccc2Cl)cc1. The van der Waals surface area contributed by atoms with Crippen LogP contribution in [0.25, 0.3) is 11.4 Å². The highest BCUT2D eigenvalue weighted by atomic mass is 35.5. The lowest BCUT2D eigenvalue weighted by atomic mass is 9.96. The van der Waals surface area contributed by atoms with Crippen LogP contribution in [0.3, 0.4) is 0 Å². The van der Waals surface area contributed by atoms with Crippen LogP contribution in [0, 0.1) is 11.7 Å². The van der Waals surface area contributed by atoms with Crippen molar-refractivity contribution < 1.29 is 9.90 Å². The van der Waals surface area contributed by atoms with Crippen molar-refractivity contribution in [2.75, 3.05) is 6.54 Å². The summed E-state index contributed by atoms with van der Waals surface area (Å²) in [4.78, 5) is 12.5. The number of rotatable bonds is 6. The molecule has 0 aliphatic heterocycles. The van der Waals surface area contributed by atoms with Crippen LogP contribution in [0.4, 0.5) is 0 Å². The first-order valence-electron chi connectivity index (χ1n) is 8.74. The molecule has 0 saturated heterocycles. The maximum absolute atomic E-state index is 12.5. The van der Waals surface area contributed by atoms with Gasteiger partial charge in [0.25, 0.3) is 0 Å². The predicted molar refractivity (Wildman–Crippen MR) is 112 cm³/mol. The number of aromatic amines is 1. The average Bonchev–Trinajstić information content (AvgIpc) is 3.01. The van der Waals surface area contributed by atoms with Gasteiger partial charge in [-0.2, -0.15) is 5.10 Å². The molecule has 0 radical (unpaired) electrons. The number of nitrogens with zero attached hydrogens (tertiary/aromatic N) is 2.